The Kier molecular flexibility index (Phi) is 4.58. The Hall–Kier alpha value is -5.40. The van der Waals surface area contributed by atoms with E-state index in [1.165, 1.54) is 92.8 Å². The Labute approximate surface area is 255 Å². The summed E-state index contributed by atoms with van der Waals surface area (Å²) in [7, 11) is 0. The van der Waals surface area contributed by atoms with E-state index in [9.17, 15) is 0 Å². The van der Waals surface area contributed by atoms with E-state index < -0.39 is 0 Å². The van der Waals surface area contributed by atoms with Gasteiger partial charge in [-0.1, -0.05) is 135 Å². The fourth-order valence-corrected chi connectivity index (χ4v) is 8.49. The highest BCUT2D eigenvalue weighted by Crippen LogP contribution is 2.56. The Morgan fingerprint density at radius 1 is 0.432 bits per heavy atom. The summed E-state index contributed by atoms with van der Waals surface area (Å²) in [6.07, 6.45) is 0. The quantitative estimate of drug-likeness (QED) is 0.176. The van der Waals surface area contributed by atoms with Crippen LogP contribution in [0.25, 0.3) is 81.7 Å². The number of rotatable bonds is 1. The zero-order valence-electron chi connectivity index (χ0n) is 24.7. The van der Waals surface area contributed by atoms with Crippen molar-refractivity contribution in [2.24, 2.45) is 0 Å². The van der Waals surface area contributed by atoms with Crippen LogP contribution < -0.4 is 0 Å². The molecule has 9 aromatic rings. The van der Waals surface area contributed by atoms with Crippen molar-refractivity contribution in [3.63, 3.8) is 0 Å². The lowest BCUT2D eigenvalue weighted by Crippen LogP contribution is -2.16. The van der Waals surface area contributed by atoms with Gasteiger partial charge in [-0.05, 0) is 78.2 Å². The molecule has 0 radical (unpaired) electrons. The predicted molar refractivity (Wildman–Crippen MR) is 188 cm³/mol. The van der Waals surface area contributed by atoms with Gasteiger partial charge in [-0.15, -0.1) is 0 Å². The minimum atomic E-state index is -0.201. The van der Waals surface area contributed by atoms with Crippen molar-refractivity contribution in [2.75, 3.05) is 0 Å². The third kappa shape index (κ3) is 2.89. The van der Waals surface area contributed by atoms with Crippen LogP contribution >= 0.6 is 0 Å². The first-order chi connectivity index (χ1) is 21.6. The average Bonchev–Trinajstić information content (AvgIpc) is 3.53. The molecule has 0 fully saturated rings. The summed E-state index contributed by atoms with van der Waals surface area (Å²) < 4.78 is 2.49. The molecule has 0 bridgehead atoms. The lowest BCUT2D eigenvalue weighted by Gasteiger charge is -2.25. The van der Waals surface area contributed by atoms with Crippen molar-refractivity contribution in [3.8, 4) is 16.8 Å². The molecule has 1 nitrogen and oxygen atoms in total. The maximum absolute atomic E-state index is 2.51. The topological polar surface area (TPSA) is 4.93 Å². The van der Waals surface area contributed by atoms with Gasteiger partial charge in [0, 0.05) is 21.6 Å². The van der Waals surface area contributed by atoms with Gasteiger partial charge in [0.05, 0.1) is 16.7 Å². The first-order valence-electron chi connectivity index (χ1n) is 15.5. The van der Waals surface area contributed by atoms with Crippen molar-refractivity contribution in [3.05, 3.63) is 151 Å². The zero-order valence-corrected chi connectivity index (χ0v) is 24.7. The van der Waals surface area contributed by atoms with E-state index in [2.05, 4.69) is 158 Å². The second kappa shape index (κ2) is 8.36. The molecule has 1 heteroatoms. The van der Waals surface area contributed by atoms with Gasteiger partial charge in [-0.2, -0.15) is 0 Å². The van der Waals surface area contributed by atoms with Crippen molar-refractivity contribution in [1.29, 1.82) is 0 Å². The van der Waals surface area contributed by atoms with Crippen LogP contribution in [0.1, 0.15) is 25.0 Å². The molecule has 0 atom stereocenters. The fourth-order valence-electron chi connectivity index (χ4n) is 8.49. The lowest BCUT2D eigenvalue weighted by molar-refractivity contribution is 0.666. The van der Waals surface area contributed by atoms with Crippen LogP contribution in [0.15, 0.2) is 140 Å². The fraction of sp³-hybridized carbons (Fsp3) is 0.0698. The van der Waals surface area contributed by atoms with Crippen LogP contribution in [-0.2, 0) is 5.41 Å². The van der Waals surface area contributed by atoms with Gasteiger partial charge in [0.2, 0.25) is 0 Å². The van der Waals surface area contributed by atoms with Crippen molar-refractivity contribution >= 4 is 64.9 Å². The highest BCUT2D eigenvalue weighted by molar-refractivity contribution is 6.28. The summed E-state index contributed by atoms with van der Waals surface area (Å²) in [6.45, 7) is 4.87. The molecule has 1 aliphatic carbocycles. The van der Waals surface area contributed by atoms with Gasteiger partial charge in [0.1, 0.15) is 0 Å². The summed E-state index contributed by atoms with van der Waals surface area (Å²) in [5, 5.41) is 13.2. The van der Waals surface area contributed by atoms with E-state index in [-0.39, 0.29) is 5.41 Å². The normalized spacial score (nSPS) is 13.9. The van der Waals surface area contributed by atoms with E-state index in [4.69, 9.17) is 0 Å². The van der Waals surface area contributed by atoms with E-state index in [1.54, 1.807) is 0 Å². The van der Waals surface area contributed by atoms with Crippen LogP contribution in [0.2, 0.25) is 0 Å². The first kappa shape index (κ1) is 24.1. The van der Waals surface area contributed by atoms with Crippen LogP contribution in [0.4, 0.5) is 0 Å². The van der Waals surface area contributed by atoms with E-state index in [0.717, 1.165) is 0 Å². The standard InChI is InChI=1S/C43H29N/c1-43(2)36-25-39(44-37-21-11-9-16-29(37)30-17-10-12-22-38(30)44)31-18-6-8-20-33(31)40(36)35-24-23-34-28-15-4-3-13-26(28)27-14-5-7-19-32(27)41(34)42(35)43/h3-25H,1-2H3. The molecule has 0 N–H and O–H groups in total. The second-order valence-electron chi connectivity index (χ2n) is 12.9. The van der Waals surface area contributed by atoms with Gasteiger partial charge in [-0.25, -0.2) is 0 Å². The molecule has 0 saturated heterocycles. The maximum Gasteiger partial charge on any atom is 0.0544 e. The van der Waals surface area contributed by atoms with Gasteiger partial charge >= 0.3 is 0 Å². The molecule has 0 spiro atoms. The summed E-state index contributed by atoms with van der Waals surface area (Å²) in [4.78, 5) is 0. The molecule has 0 aliphatic heterocycles. The molecular formula is C43H29N. The number of para-hydroxylation sites is 2. The smallest absolute Gasteiger partial charge is 0.0544 e. The molecule has 44 heavy (non-hydrogen) atoms. The molecular weight excluding hydrogens is 530 g/mol. The van der Waals surface area contributed by atoms with Crippen molar-refractivity contribution in [1.82, 2.24) is 4.57 Å². The molecule has 8 aromatic carbocycles. The third-order valence-electron chi connectivity index (χ3n) is 10.3. The number of hydrogen-bond donors (Lipinski definition) is 0. The molecule has 0 saturated carbocycles. The highest BCUT2D eigenvalue weighted by Gasteiger charge is 2.39. The minimum absolute atomic E-state index is 0.201. The number of nitrogens with zero attached hydrogens (tertiary/aromatic N) is 1. The summed E-state index contributed by atoms with van der Waals surface area (Å²) >= 11 is 0. The summed E-state index contributed by atoms with van der Waals surface area (Å²) in [5.74, 6) is 0. The Morgan fingerprint density at radius 2 is 0.886 bits per heavy atom. The summed E-state index contributed by atoms with van der Waals surface area (Å²) in [6, 6.07) is 51.9. The van der Waals surface area contributed by atoms with Gasteiger partial charge in [0.15, 0.2) is 0 Å². The maximum atomic E-state index is 2.51. The van der Waals surface area contributed by atoms with Crippen LogP contribution in [0.5, 0.6) is 0 Å². The van der Waals surface area contributed by atoms with Crippen molar-refractivity contribution < 1.29 is 0 Å². The molecule has 1 aromatic heterocycles. The first-order valence-corrected chi connectivity index (χ1v) is 15.5. The van der Waals surface area contributed by atoms with E-state index in [0.29, 0.717) is 0 Å². The second-order valence-corrected chi connectivity index (χ2v) is 12.9. The molecule has 10 rings (SSSR count). The van der Waals surface area contributed by atoms with Gasteiger partial charge in [0.25, 0.3) is 0 Å². The van der Waals surface area contributed by atoms with Gasteiger partial charge < -0.3 is 4.57 Å². The Balaban J connectivity index is 1.38. The number of hydrogen-bond acceptors (Lipinski definition) is 0. The Morgan fingerprint density at radius 3 is 1.50 bits per heavy atom. The Bertz CT molecular complexity index is 2600. The number of benzene rings is 8. The SMILES string of the molecule is CC1(C)c2cc(-n3c4ccccc4c4ccccc43)c3ccccc3c2-c2ccc3c4ccccc4c4ccccc4c3c21. The van der Waals surface area contributed by atoms with Gasteiger partial charge in [-0.3, -0.25) is 0 Å². The van der Waals surface area contributed by atoms with Crippen molar-refractivity contribution in [2.45, 2.75) is 19.3 Å². The average molecular weight is 560 g/mol. The summed E-state index contributed by atoms with van der Waals surface area (Å²) in [5.41, 5.74) is 9.12. The monoisotopic (exact) mass is 559 g/mol. The van der Waals surface area contributed by atoms with E-state index in [1.807, 2.05) is 0 Å². The molecule has 1 aliphatic rings. The number of aromatic nitrogens is 1. The third-order valence-corrected chi connectivity index (χ3v) is 10.3. The number of fused-ring (bicyclic) bond motifs is 15. The van der Waals surface area contributed by atoms with Crippen LogP contribution in [-0.4, -0.2) is 4.57 Å². The molecule has 0 amide bonds. The molecule has 0 unspecified atom stereocenters. The van der Waals surface area contributed by atoms with Crippen LogP contribution in [0, 0.1) is 0 Å². The van der Waals surface area contributed by atoms with E-state index >= 15 is 0 Å². The largest absolute Gasteiger partial charge is 0.309 e. The lowest BCUT2D eigenvalue weighted by atomic mass is 9.78. The van der Waals surface area contributed by atoms with Crippen LogP contribution in [0.3, 0.4) is 0 Å². The predicted octanol–water partition coefficient (Wildman–Crippen LogP) is 11.7. The zero-order chi connectivity index (χ0) is 29.2. The minimum Gasteiger partial charge on any atom is -0.309 e. The molecule has 206 valence electrons. The molecule has 1 heterocycles. The highest BCUT2D eigenvalue weighted by atomic mass is 15.0.